The molecule has 0 atom stereocenters. The van der Waals surface area contributed by atoms with E-state index in [0.29, 0.717) is 0 Å². The fourth-order valence-electron chi connectivity index (χ4n) is 0.986. The van der Waals surface area contributed by atoms with Crippen molar-refractivity contribution in [1.82, 2.24) is 10.1 Å². The van der Waals surface area contributed by atoms with Crippen molar-refractivity contribution >= 4 is 11.0 Å². The van der Waals surface area contributed by atoms with Crippen LogP contribution in [-0.4, -0.2) is 10.1 Å². The van der Waals surface area contributed by atoms with Gasteiger partial charge in [-0.15, -0.1) is 0 Å². The summed E-state index contributed by atoms with van der Waals surface area (Å²) in [5.41, 5.74) is 0.845. The first-order chi connectivity index (χ1) is 6.97. The Hall–Kier alpha value is -2.10. The van der Waals surface area contributed by atoms with E-state index in [4.69, 9.17) is 4.52 Å². The van der Waals surface area contributed by atoms with E-state index in [2.05, 4.69) is 14.6 Å². The van der Waals surface area contributed by atoms with Gasteiger partial charge in [-0.2, -0.15) is 0 Å². The fraction of sp³-hybridized carbons (Fsp3) is 0. The largest absolute Gasteiger partial charge is 0.452 e. The molecule has 0 bridgehead atoms. The maximum Gasteiger partial charge on any atom is 0.180 e. The molecule has 0 saturated carbocycles. The number of hydrogen-bond donors (Lipinski definition) is 0. The highest BCUT2D eigenvalue weighted by molar-refractivity contribution is 5.75. The van der Waals surface area contributed by atoms with Crippen LogP contribution in [0, 0.1) is 0 Å². The van der Waals surface area contributed by atoms with Crippen LogP contribution in [0.25, 0.3) is 11.0 Å². The summed E-state index contributed by atoms with van der Waals surface area (Å²) in [5, 5.41) is 4.68. The summed E-state index contributed by atoms with van der Waals surface area (Å²) < 4.78 is 9.34. The lowest BCUT2D eigenvalue weighted by Gasteiger charge is -1.78. The number of hydrogen-bond acceptors (Lipinski definition) is 4. The molecule has 0 aliphatic rings. The van der Waals surface area contributed by atoms with Gasteiger partial charge in [0.05, 0.1) is 12.4 Å². The van der Waals surface area contributed by atoms with Crippen LogP contribution < -0.4 is 0 Å². The van der Waals surface area contributed by atoms with E-state index in [0.717, 1.165) is 11.0 Å². The third-order valence-electron chi connectivity index (χ3n) is 1.61. The molecule has 0 fully saturated rings. The molecular formula is C10H8N2O2. The molecule has 0 unspecified atom stereocenters. The van der Waals surface area contributed by atoms with Gasteiger partial charge in [0.15, 0.2) is 12.0 Å². The van der Waals surface area contributed by atoms with Crippen molar-refractivity contribution in [3.63, 3.8) is 0 Å². The van der Waals surface area contributed by atoms with Gasteiger partial charge in [-0.05, 0) is 12.1 Å². The second kappa shape index (κ2) is 4.23. The predicted octanol–water partition coefficient (Wildman–Crippen LogP) is 2.50. The van der Waals surface area contributed by atoms with Crippen molar-refractivity contribution in [3.8, 4) is 0 Å². The zero-order valence-corrected chi connectivity index (χ0v) is 7.33. The SMILES string of the molecule is c1ccc2oncc2c1.c1cocn1. The summed E-state index contributed by atoms with van der Waals surface area (Å²) >= 11 is 0. The predicted molar refractivity (Wildman–Crippen MR) is 50.5 cm³/mol. The van der Waals surface area contributed by atoms with Gasteiger partial charge in [0, 0.05) is 5.39 Å². The molecule has 3 rings (SSSR count). The van der Waals surface area contributed by atoms with Gasteiger partial charge in [-0.1, -0.05) is 17.3 Å². The summed E-state index contributed by atoms with van der Waals surface area (Å²) in [6.07, 6.45) is 6.18. The van der Waals surface area contributed by atoms with Crippen LogP contribution in [0.2, 0.25) is 0 Å². The lowest BCUT2D eigenvalue weighted by molar-refractivity contribution is 0.456. The summed E-state index contributed by atoms with van der Waals surface area (Å²) in [6.45, 7) is 0. The Bertz CT molecular complexity index is 426. The zero-order valence-electron chi connectivity index (χ0n) is 7.33. The minimum Gasteiger partial charge on any atom is -0.452 e. The van der Waals surface area contributed by atoms with Gasteiger partial charge >= 0.3 is 0 Å². The van der Waals surface area contributed by atoms with Crippen molar-refractivity contribution in [2.45, 2.75) is 0 Å². The molecule has 0 saturated heterocycles. The molecule has 2 aromatic heterocycles. The molecule has 14 heavy (non-hydrogen) atoms. The van der Waals surface area contributed by atoms with Crippen LogP contribution in [0.4, 0.5) is 0 Å². The Balaban J connectivity index is 0.000000128. The van der Waals surface area contributed by atoms with Gasteiger partial charge in [0.2, 0.25) is 0 Å². The summed E-state index contributed by atoms with van der Waals surface area (Å²) in [7, 11) is 0. The van der Waals surface area contributed by atoms with E-state index < -0.39 is 0 Å². The molecular weight excluding hydrogens is 180 g/mol. The average Bonchev–Trinajstić information content (AvgIpc) is 2.92. The third kappa shape index (κ3) is 1.98. The normalized spacial score (nSPS) is 9.43. The van der Waals surface area contributed by atoms with Crippen LogP contribution in [-0.2, 0) is 0 Å². The van der Waals surface area contributed by atoms with Crippen molar-refractivity contribution in [3.05, 3.63) is 49.3 Å². The van der Waals surface area contributed by atoms with Crippen molar-refractivity contribution < 1.29 is 8.94 Å². The van der Waals surface area contributed by atoms with E-state index in [9.17, 15) is 0 Å². The van der Waals surface area contributed by atoms with Gasteiger partial charge in [0.25, 0.3) is 0 Å². The molecule has 0 aliphatic heterocycles. The van der Waals surface area contributed by atoms with Crippen molar-refractivity contribution in [2.75, 3.05) is 0 Å². The number of nitrogens with zero attached hydrogens (tertiary/aromatic N) is 2. The Labute approximate surface area is 80.2 Å². The number of aromatic nitrogens is 2. The summed E-state index contributed by atoms with van der Waals surface area (Å²) in [5.74, 6) is 0. The first-order valence-electron chi connectivity index (χ1n) is 4.08. The number of benzene rings is 1. The van der Waals surface area contributed by atoms with Crippen molar-refractivity contribution in [2.24, 2.45) is 0 Å². The molecule has 0 N–H and O–H groups in total. The minimum absolute atomic E-state index is 0.845. The smallest absolute Gasteiger partial charge is 0.180 e. The first kappa shape index (κ1) is 8.50. The van der Waals surface area contributed by atoms with E-state index in [1.165, 1.54) is 12.7 Å². The van der Waals surface area contributed by atoms with E-state index in [-0.39, 0.29) is 0 Å². The number of rotatable bonds is 0. The lowest BCUT2D eigenvalue weighted by Crippen LogP contribution is -1.57. The maximum atomic E-state index is 4.87. The van der Waals surface area contributed by atoms with Gasteiger partial charge in [0.1, 0.15) is 6.26 Å². The number of oxazole rings is 1. The lowest BCUT2D eigenvalue weighted by atomic mass is 10.3. The monoisotopic (exact) mass is 188 g/mol. The van der Waals surface area contributed by atoms with Crippen LogP contribution in [0.3, 0.4) is 0 Å². The second-order valence-corrected chi connectivity index (χ2v) is 2.54. The number of fused-ring (bicyclic) bond motifs is 1. The summed E-state index contributed by atoms with van der Waals surface area (Å²) in [4.78, 5) is 3.56. The van der Waals surface area contributed by atoms with Crippen LogP contribution >= 0.6 is 0 Å². The molecule has 0 amide bonds. The Morgan fingerprint density at radius 1 is 1.14 bits per heavy atom. The van der Waals surface area contributed by atoms with Gasteiger partial charge < -0.3 is 8.94 Å². The standard InChI is InChI=1S/C7H5NO.C3H3NO/c1-2-4-7-6(3-1)5-8-9-7;1-2-5-3-4-1/h1-5H;1-3H. The van der Waals surface area contributed by atoms with Crippen LogP contribution in [0.15, 0.2) is 58.3 Å². The second-order valence-electron chi connectivity index (χ2n) is 2.54. The highest BCUT2D eigenvalue weighted by Gasteiger charge is 1.91. The van der Waals surface area contributed by atoms with Crippen LogP contribution in [0.5, 0.6) is 0 Å². The Kier molecular flexibility index (Phi) is 2.56. The molecule has 0 spiro atoms. The van der Waals surface area contributed by atoms with E-state index >= 15 is 0 Å². The van der Waals surface area contributed by atoms with Gasteiger partial charge in [-0.3, -0.25) is 0 Å². The highest BCUT2D eigenvalue weighted by atomic mass is 16.5. The zero-order chi connectivity index (χ0) is 9.64. The topological polar surface area (TPSA) is 52.1 Å². The molecule has 0 aliphatic carbocycles. The molecule has 2 heterocycles. The molecule has 0 radical (unpaired) electrons. The average molecular weight is 188 g/mol. The van der Waals surface area contributed by atoms with Crippen molar-refractivity contribution in [1.29, 1.82) is 0 Å². The molecule has 3 aromatic rings. The first-order valence-corrected chi connectivity index (χ1v) is 4.08. The molecule has 4 nitrogen and oxygen atoms in total. The molecule has 70 valence electrons. The Morgan fingerprint density at radius 3 is 2.71 bits per heavy atom. The fourth-order valence-corrected chi connectivity index (χ4v) is 0.986. The molecule has 4 heteroatoms. The summed E-state index contributed by atoms with van der Waals surface area (Å²) in [6, 6.07) is 7.74. The highest BCUT2D eigenvalue weighted by Crippen LogP contribution is 2.10. The Morgan fingerprint density at radius 2 is 2.07 bits per heavy atom. The van der Waals surface area contributed by atoms with Crippen LogP contribution in [0.1, 0.15) is 0 Å². The van der Waals surface area contributed by atoms with E-state index in [1.54, 1.807) is 12.4 Å². The number of para-hydroxylation sites is 1. The third-order valence-corrected chi connectivity index (χ3v) is 1.61. The van der Waals surface area contributed by atoms with Gasteiger partial charge in [-0.25, -0.2) is 4.98 Å². The quantitative estimate of drug-likeness (QED) is 0.543. The maximum absolute atomic E-state index is 4.87. The minimum atomic E-state index is 0.845. The van der Waals surface area contributed by atoms with E-state index in [1.807, 2.05) is 24.3 Å². The molecule has 1 aromatic carbocycles.